The third-order valence-electron chi connectivity index (χ3n) is 4.94. The first-order chi connectivity index (χ1) is 13.5. The van der Waals surface area contributed by atoms with Gasteiger partial charge in [-0.1, -0.05) is 6.07 Å². The number of hydrogen-bond acceptors (Lipinski definition) is 4. The average Bonchev–Trinajstić information content (AvgIpc) is 2.73. The van der Waals surface area contributed by atoms with Crippen LogP contribution in [0.1, 0.15) is 40.0 Å². The lowest BCUT2D eigenvalue weighted by Crippen LogP contribution is -2.36. The molecule has 1 aliphatic rings. The number of methoxy groups -OCH3 is 1. The Morgan fingerprint density at radius 1 is 1.04 bits per heavy atom. The zero-order chi connectivity index (χ0) is 20.1. The summed E-state index contributed by atoms with van der Waals surface area (Å²) in [5, 5.41) is 2.89. The summed E-state index contributed by atoms with van der Waals surface area (Å²) in [5.41, 5.74) is 2.55. The monoisotopic (exact) mass is 381 g/mol. The standard InChI is InChI=1S/C22H27N3O3/c1-24(2)20-11-10-17(15-19(20)22(27)25-12-5-4-6-13-25)23-21(26)16-8-7-9-18(14-16)28-3/h7-11,14-15H,4-6,12-13H2,1-3H3,(H,23,26). The Balaban J connectivity index is 1.85. The average molecular weight is 381 g/mol. The quantitative estimate of drug-likeness (QED) is 0.859. The molecule has 6 heteroatoms. The Morgan fingerprint density at radius 2 is 1.79 bits per heavy atom. The van der Waals surface area contributed by atoms with E-state index in [-0.39, 0.29) is 11.8 Å². The van der Waals surface area contributed by atoms with Crippen LogP contribution in [0.4, 0.5) is 11.4 Å². The zero-order valence-corrected chi connectivity index (χ0v) is 16.7. The molecule has 2 aromatic rings. The molecule has 1 saturated heterocycles. The molecular formula is C22H27N3O3. The van der Waals surface area contributed by atoms with Crippen molar-refractivity contribution in [3.63, 3.8) is 0 Å². The van der Waals surface area contributed by atoms with Gasteiger partial charge in [-0.3, -0.25) is 9.59 Å². The predicted molar refractivity (Wildman–Crippen MR) is 111 cm³/mol. The van der Waals surface area contributed by atoms with E-state index in [9.17, 15) is 9.59 Å². The lowest BCUT2D eigenvalue weighted by molar-refractivity contribution is 0.0724. The SMILES string of the molecule is COc1cccc(C(=O)Nc2ccc(N(C)C)c(C(=O)N3CCCCC3)c2)c1. The number of carbonyl (C=O) groups is 2. The highest BCUT2D eigenvalue weighted by Crippen LogP contribution is 2.26. The molecule has 6 nitrogen and oxygen atoms in total. The fourth-order valence-electron chi connectivity index (χ4n) is 3.41. The number of anilines is 2. The van der Waals surface area contributed by atoms with E-state index >= 15 is 0 Å². The van der Waals surface area contributed by atoms with Crippen molar-refractivity contribution in [2.45, 2.75) is 19.3 Å². The van der Waals surface area contributed by atoms with Crippen LogP contribution in [-0.2, 0) is 0 Å². The maximum atomic E-state index is 13.1. The molecule has 148 valence electrons. The Hall–Kier alpha value is -3.02. The Kier molecular flexibility index (Phi) is 6.19. The summed E-state index contributed by atoms with van der Waals surface area (Å²) in [6, 6.07) is 12.4. The van der Waals surface area contributed by atoms with Gasteiger partial charge in [0.2, 0.25) is 0 Å². The number of ether oxygens (including phenoxy) is 1. The van der Waals surface area contributed by atoms with E-state index in [2.05, 4.69) is 5.32 Å². The van der Waals surface area contributed by atoms with Gasteiger partial charge in [-0.15, -0.1) is 0 Å². The molecule has 0 radical (unpaired) electrons. The number of hydrogen-bond donors (Lipinski definition) is 1. The van der Waals surface area contributed by atoms with Crippen LogP contribution in [0, 0.1) is 0 Å². The number of carbonyl (C=O) groups excluding carboxylic acids is 2. The van der Waals surface area contributed by atoms with Crippen LogP contribution in [-0.4, -0.2) is 51.0 Å². The summed E-state index contributed by atoms with van der Waals surface area (Å²) in [5.74, 6) is 0.394. The van der Waals surface area contributed by atoms with E-state index in [1.54, 1.807) is 37.4 Å². The van der Waals surface area contributed by atoms with Crippen molar-refractivity contribution >= 4 is 23.2 Å². The summed E-state index contributed by atoms with van der Waals surface area (Å²) >= 11 is 0. The zero-order valence-electron chi connectivity index (χ0n) is 16.7. The van der Waals surface area contributed by atoms with Crippen LogP contribution in [0.3, 0.4) is 0 Å². The molecule has 0 saturated carbocycles. The molecule has 1 fully saturated rings. The second-order valence-corrected chi connectivity index (χ2v) is 7.17. The van der Waals surface area contributed by atoms with Crippen molar-refractivity contribution in [1.82, 2.24) is 4.90 Å². The van der Waals surface area contributed by atoms with Crippen molar-refractivity contribution < 1.29 is 14.3 Å². The number of nitrogens with one attached hydrogen (secondary N) is 1. The van der Waals surface area contributed by atoms with Crippen LogP contribution in [0.5, 0.6) is 5.75 Å². The molecule has 1 N–H and O–H groups in total. The van der Waals surface area contributed by atoms with Gasteiger partial charge in [0, 0.05) is 44.1 Å². The molecule has 0 aromatic heterocycles. The second-order valence-electron chi connectivity index (χ2n) is 7.17. The van der Waals surface area contributed by atoms with Gasteiger partial charge in [0.25, 0.3) is 11.8 Å². The highest BCUT2D eigenvalue weighted by Gasteiger charge is 2.22. The Labute approximate surface area is 166 Å². The predicted octanol–water partition coefficient (Wildman–Crippen LogP) is 3.64. The lowest BCUT2D eigenvalue weighted by atomic mass is 10.1. The number of amides is 2. The molecular weight excluding hydrogens is 354 g/mol. The first-order valence-corrected chi connectivity index (χ1v) is 9.55. The summed E-state index contributed by atoms with van der Waals surface area (Å²) in [7, 11) is 5.39. The molecule has 28 heavy (non-hydrogen) atoms. The summed E-state index contributed by atoms with van der Waals surface area (Å²) < 4.78 is 5.18. The highest BCUT2D eigenvalue weighted by molar-refractivity contribution is 6.06. The van der Waals surface area contributed by atoms with E-state index in [0.717, 1.165) is 31.6 Å². The molecule has 0 atom stereocenters. The van der Waals surface area contributed by atoms with Crippen LogP contribution >= 0.6 is 0 Å². The van der Waals surface area contributed by atoms with Crippen LogP contribution < -0.4 is 15.0 Å². The van der Waals surface area contributed by atoms with Crippen LogP contribution in [0.15, 0.2) is 42.5 Å². The molecule has 1 aliphatic heterocycles. The molecule has 0 bridgehead atoms. The molecule has 3 rings (SSSR count). The molecule has 1 heterocycles. The van der Waals surface area contributed by atoms with E-state index < -0.39 is 0 Å². The maximum Gasteiger partial charge on any atom is 0.256 e. The van der Waals surface area contributed by atoms with E-state index in [0.29, 0.717) is 22.6 Å². The van der Waals surface area contributed by atoms with Gasteiger partial charge in [-0.05, 0) is 55.7 Å². The van der Waals surface area contributed by atoms with Gasteiger partial charge >= 0.3 is 0 Å². The topological polar surface area (TPSA) is 61.9 Å². The van der Waals surface area contributed by atoms with Crippen molar-refractivity contribution in [2.24, 2.45) is 0 Å². The third kappa shape index (κ3) is 4.44. The van der Waals surface area contributed by atoms with Gasteiger partial charge in [0.15, 0.2) is 0 Å². The van der Waals surface area contributed by atoms with E-state index in [4.69, 9.17) is 4.74 Å². The number of rotatable bonds is 5. The number of nitrogens with zero attached hydrogens (tertiary/aromatic N) is 2. The van der Waals surface area contributed by atoms with Crippen molar-refractivity contribution in [3.05, 3.63) is 53.6 Å². The fraction of sp³-hybridized carbons (Fsp3) is 0.364. The number of likely N-dealkylation sites (tertiary alicyclic amines) is 1. The minimum absolute atomic E-state index is 0.0147. The van der Waals surface area contributed by atoms with Crippen LogP contribution in [0.25, 0.3) is 0 Å². The van der Waals surface area contributed by atoms with Gasteiger partial charge in [0.1, 0.15) is 5.75 Å². The summed E-state index contributed by atoms with van der Waals surface area (Å²) in [6.07, 6.45) is 3.24. The fourth-order valence-corrected chi connectivity index (χ4v) is 3.41. The lowest BCUT2D eigenvalue weighted by Gasteiger charge is -2.28. The largest absolute Gasteiger partial charge is 0.497 e. The maximum absolute atomic E-state index is 13.1. The Morgan fingerprint density at radius 3 is 2.46 bits per heavy atom. The van der Waals surface area contributed by atoms with Gasteiger partial charge in [-0.2, -0.15) is 0 Å². The molecule has 0 aliphatic carbocycles. The minimum Gasteiger partial charge on any atom is -0.497 e. The normalized spacial score (nSPS) is 13.8. The first-order valence-electron chi connectivity index (χ1n) is 9.55. The Bertz CT molecular complexity index is 858. The van der Waals surface area contributed by atoms with Gasteiger partial charge in [-0.25, -0.2) is 0 Å². The summed E-state index contributed by atoms with van der Waals surface area (Å²) in [6.45, 7) is 1.57. The van der Waals surface area contributed by atoms with Crippen molar-refractivity contribution in [1.29, 1.82) is 0 Å². The summed E-state index contributed by atoms with van der Waals surface area (Å²) in [4.78, 5) is 29.5. The minimum atomic E-state index is -0.243. The third-order valence-corrected chi connectivity index (χ3v) is 4.94. The number of piperidine rings is 1. The smallest absolute Gasteiger partial charge is 0.256 e. The van der Waals surface area contributed by atoms with Crippen molar-refractivity contribution in [3.8, 4) is 5.75 Å². The van der Waals surface area contributed by atoms with Crippen molar-refractivity contribution in [2.75, 3.05) is 44.5 Å². The molecule has 2 amide bonds. The van der Waals surface area contributed by atoms with E-state index in [1.165, 1.54) is 6.42 Å². The second kappa shape index (κ2) is 8.78. The van der Waals surface area contributed by atoms with Gasteiger partial charge < -0.3 is 19.9 Å². The number of benzene rings is 2. The van der Waals surface area contributed by atoms with E-state index in [1.807, 2.05) is 36.0 Å². The van der Waals surface area contributed by atoms with Gasteiger partial charge in [0.05, 0.1) is 12.7 Å². The molecule has 2 aromatic carbocycles. The highest BCUT2D eigenvalue weighted by atomic mass is 16.5. The molecule has 0 spiro atoms. The van der Waals surface area contributed by atoms with Crippen LogP contribution in [0.2, 0.25) is 0 Å². The molecule has 0 unspecified atom stereocenters. The first kappa shape index (κ1) is 19.7.